The summed E-state index contributed by atoms with van der Waals surface area (Å²) in [7, 11) is 0. The minimum Gasteiger partial charge on any atom is -0.489 e. The third-order valence-electron chi connectivity index (χ3n) is 3.91. The van der Waals surface area contributed by atoms with Crippen LogP contribution in [0.5, 0.6) is 5.75 Å². The molecule has 0 saturated carbocycles. The Hall–Kier alpha value is -1.67. The van der Waals surface area contributed by atoms with E-state index in [1.54, 1.807) is 0 Å². The SMILES string of the molecule is Cc1c(Cl)cccc1NCC(C)Oc1ccc(C(C)(C)C)cc1. The van der Waals surface area contributed by atoms with Gasteiger partial charge in [-0.15, -0.1) is 0 Å². The molecule has 2 aromatic carbocycles. The molecule has 0 aliphatic carbocycles. The van der Waals surface area contributed by atoms with Crippen LogP contribution in [-0.4, -0.2) is 12.6 Å². The number of halogens is 1. The second-order valence-corrected chi connectivity index (χ2v) is 7.40. The Bertz CT molecular complexity index is 644. The highest BCUT2D eigenvalue weighted by Crippen LogP contribution is 2.25. The van der Waals surface area contributed by atoms with Crippen LogP contribution in [-0.2, 0) is 5.41 Å². The lowest BCUT2D eigenvalue weighted by atomic mass is 9.87. The standard InChI is InChI=1S/C20H26ClNO/c1-14(13-22-19-8-6-7-18(21)15(19)2)23-17-11-9-16(10-12-17)20(3,4)5/h6-12,14,22H,13H2,1-5H3. The van der Waals surface area contributed by atoms with E-state index in [2.05, 4.69) is 45.1 Å². The number of ether oxygens (including phenoxy) is 1. The molecule has 1 atom stereocenters. The summed E-state index contributed by atoms with van der Waals surface area (Å²) in [6, 6.07) is 14.2. The zero-order chi connectivity index (χ0) is 17.0. The molecular formula is C20H26ClNO. The highest BCUT2D eigenvalue weighted by Gasteiger charge is 2.13. The molecule has 1 N–H and O–H groups in total. The van der Waals surface area contributed by atoms with E-state index in [1.165, 1.54) is 5.56 Å². The summed E-state index contributed by atoms with van der Waals surface area (Å²) in [6.45, 7) is 11.4. The summed E-state index contributed by atoms with van der Waals surface area (Å²) >= 11 is 6.14. The average Bonchev–Trinajstić information content (AvgIpc) is 2.48. The van der Waals surface area contributed by atoms with E-state index in [0.29, 0.717) is 0 Å². The van der Waals surface area contributed by atoms with Gasteiger partial charge in [0.2, 0.25) is 0 Å². The molecule has 124 valence electrons. The number of rotatable bonds is 5. The number of anilines is 1. The van der Waals surface area contributed by atoms with Crippen LogP contribution >= 0.6 is 11.6 Å². The summed E-state index contributed by atoms with van der Waals surface area (Å²) in [5.41, 5.74) is 3.59. The first-order valence-electron chi connectivity index (χ1n) is 8.03. The van der Waals surface area contributed by atoms with Gasteiger partial charge in [-0.05, 0) is 54.7 Å². The Labute approximate surface area is 144 Å². The largest absolute Gasteiger partial charge is 0.489 e. The normalized spacial score (nSPS) is 12.8. The van der Waals surface area contributed by atoms with Gasteiger partial charge in [-0.2, -0.15) is 0 Å². The van der Waals surface area contributed by atoms with Crippen LogP contribution in [0.2, 0.25) is 5.02 Å². The van der Waals surface area contributed by atoms with Crippen molar-refractivity contribution in [2.45, 2.75) is 46.1 Å². The lowest BCUT2D eigenvalue weighted by Gasteiger charge is -2.21. The van der Waals surface area contributed by atoms with Crippen LogP contribution in [0.4, 0.5) is 5.69 Å². The topological polar surface area (TPSA) is 21.3 Å². The van der Waals surface area contributed by atoms with Gasteiger partial charge >= 0.3 is 0 Å². The van der Waals surface area contributed by atoms with Crippen LogP contribution in [0.15, 0.2) is 42.5 Å². The Kier molecular flexibility index (Phi) is 5.59. The molecule has 0 spiro atoms. The molecule has 0 radical (unpaired) electrons. The maximum atomic E-state index is 6.14. The molecule has 3 heteroatoms. The molecule has 0 aromatic heterocycles. The van der Waals surface area contributed by atoms with Crippen molar-refractivity contribution in [2.75, 3.05) is 11.9 Å². The Morgan fingerprint density at radius 2 is 1.74 bits per heavy atom. The van der Waals surface area contributed by atoms with Crippen LogP contribution in [0, 0.1) is 6.92 Å². The molecular weight excluding hydrogens is 306 g/mol. The van der Waals surface area contributed by atoms with Gasteiger partial charge in [-0.3, -0.25) is 0 Å². The van der Waals surface area contributed by atoms with Gasteiger partial charge in [-0.1, -0.05) is 50.6 Å². The first-order valence-corrected chi connectivity index (χ1v) is 8.41. The summed E-state index contributed by atoms with van der Waals surface area (Å²) < 4.78 is 5.98. The van der Waals surface area contributed by atoms with E-state index in [1.807, 2.05) is 37.3 Å². The predicted octanol–water partition coefficient (Wildman–Crippen LogP) is 5.83. The van der Waals surface area contributed by atoms with Gasteiger partial charge in [0.1, 0.15) is 11.9 Å². The lowest BCUT2D eigenvalue weighted by molar-refractivity contribution is 0.234. The number of nitrogens with one attached hydrogen (secondary N) is 1. The van der Waals surface area contributed by atoms with Crippen molar-refractivity contribution in [3.63, 3.8) is 0 Å². The van der Waals surface area contributed by atoms with E-state index < -0.39 is 0 Å². The molecule has 0 bridgehead atoms. The van der Waals surface area contributed by atoms with Gasteiger partial charge < -0.3 is 10.1 Å². The summed E-state index contributed by atoms with van der Waals surface area (Å²) in [5.74, 6) is 0.898. The second kappa shape index (κ2) is 7.27. The van der Waals surface area contributed by atoms with Crippen molar-refractivity contribution in [1.82, 2.24) is 0 Å². The molecule has 0 amide bonds. The first kappa shape index (κ1) is 17.7. The summed E-state index contributed by atoms with van der Waals surface area (Å²) in [4.78, 5) is 0. The second-order valence-electron chi connectivity index (χ2n) is 7.00. The zero-order valence-electron chi connectivity index (χ0n) is 14.6. The first-order chi connectivity index (χ1) is 10.8. The van der Waals surface area contributed by atoms with Crippen molar-refractivity contribution in [2.24, 2.45) is 0 Å². The summed E-state index contributed by atoms with van der Waals surface area (Å²) in [5, 5.41) is 4.18. The number of hydrogen-bond donors (Lipinski definition) is 1. The smallest absolute Gasteiger partial charge is 0.119 e. The third-order valence-corrected chi connectivity index (χ3v) is 4.31. The molecule has 0 saturated heterocycles. The molecule has 0 heterocycles. The monoisotopic (exact) mass is 331 g/mol. The maximum Gasteiger partial charge on any atom is 0.119 e. The maximum absolute atomic E-state index is 6.14. The van der Waals surface area contributed by atoms with Gasteiger partial charge in [-0.25, -0.2) is 0 Å². The lowest BCUT2D eigenvalue weighted by Crippen LogP contribution is -2.23. The molecule has 2 nitrogen and oxygen atoms in total. The van der Waals surface area contributed by atoms with E-state index in [4.69, 9.17) is 16.3 Å². The van der Waals surface area contributed by atoms with Crippen molar-refractivity contribution in [3.05, 3.63) is 58.6 Å². The highest BCUT2D eigenvalue weighted by molar-refractivity contribution is 6.31. The Balaban J connectivity index is 1.92. The minimum absolute atomic E-state index is 0.0638. The van der Waals surface area contributed by atoms with Crippen molar-refractivity contribution < 1.29 is 4.74 Å². The van der Waals surface area contributed by atoms with Gasteiger partial charge in [0.05, 0.1) is 6.54 Å². The van der Waals surface area contributed by atoms with Crippen molar-refractivity contribution in [1.29, 1.82) is 0 Å². The van der Waals surface area contributed by atoms with Gasteiger partial charge in [0, 0.05) is 10.7 Å². The highest BCUT2D eigenvalue weighted by atomic mass is 35.5. The molecule has 1 unspecified atom stereocenters. The van der Waals surface area contributed by atoms with Crippen LogP contribution in [0.3, 0.4) is 0 Å². The minimum atomic E-state index is 0.0638. The number of benzene rings is 2. The van der Waals surface area contributed by atoms with Crippen LogP contribution in [0.1, 0.15) is 38.8 Å². The molecule has 2 rings (SSSR count). The van der Waals surface area contributed by atoms with E-state index >= 15 is 0 Å². The van der Waals surface area contributed by atoms with Crippen LogP contribution in [0.25, 0.3) is 0 Å². The molecule has 0 aliphatic rings. The molecule has 0 aliphatic heterocycles. The van der Waals surface area contributed by atoms with Crippen molar-refractivity contribution >= 4 is 17.3 Å². The fraction of sp³-hybridized carbons (Fsp3) is 0.400. The molecule has 23 heavy (non-hydrogen) atoms. The number of hydrogen-bond acceptors (Lipinski definition) is 2. The van der Waals surface area contributed by atoms with Crippen LogP contribution < -0.4 is 10.1 Å². The predicted molar refractivity (Wildman–Crippen MR) is 99.9 cm³/mol. The van der Waals surface area contributed by atoms with Gasteiger partial charge in [0.25, 0.3) is 0 Å². The quantitative estimate of drug-likeness (QED) is 0.744. The fourth-order valence-corrected chi connectivity index (χ4v) is 2.53. The Morgan fingerprint density at radius 1 is 1.09 bits per heavy atom. The fourth-order valence-electron chi connectivity index (χ4n) is 2.36. The zero-order valence-corrected chi connectivity index (χ0v) is 15.4. The van der Waals surface area contributed by atoms with E-state index in [0.717, 1.165) is 28.6 Å². The molecule has 0 fully saturated rings. The summed E-state index contributed by atoms with van der Waals surface area (Å²) in [6.07, 6.45) is 0.0638. The van der Waals surface area contributed by atoms with Crippen molar-refractivity contribution in [3.8, 4) is 5.75 Å². The van der Waals surface area contributed by atoms with E-state index in [9.17, 15) is 0 Å². The van der Waals surface area contributed by atoms with Gasteiger partial charge in [0.15, 0.2) is 0 Å². The van der Waals surface area contributed by atoms with E-state index in [-0.39, 0.29) is 11.5 Å². The average molecular weight is 332 g/mol. The Morgan fingerprint density at radius 3 is 2.35 bits per heavy atom. The molecule has 2 aromatic rings. The third kappa shape index (κ3) is 4.90.